The van der Waals surface area contributed by atoms with Gasteiger partial charge >= 0.3 is 5.97 Å². The third-order valence-corrected chi connectivity index (χ3v) is 2.32. The Morgan fingerprint density at radius 2 is 2.11 bits per heavy atom. The molecule has 0 N–H and O–H groups in total. The lowest BCUT2D eigenvalue weighted by Crippen LogP contribution is -2.07. The number of benzene rings is 1. The maximum Gasteiger partial charge on any atom is 0.315 e. The minimum absolute atomic E-state index is 0.0234. The van der Waals surface area contributed by atoms with Crippen molar-refractivity contribution in [1.29, 1.82) is 0 Å². The molecule has 0 aliphatic heterocycles. The van der Waals surface area contributed by atoms with Crippen molar-refractivity contribution >= 4 is 5.97 Å². The van der Waals surface area contributed by atoms with E-state index in [0.29, 0.717) is 24.7 Å². The highest BCUT2D eigenvalue weighted by molar-refractivity contribution is 5.71. The Kier molecular flexibility index (Phi) is 4.06. The molecular formula is C13H14N2O3. The van der Waals surface area contributed by atoms with Crippen molar-refractivity contribution in [1.82, 2.24) is 10.1 Å². The number of ether oxygens (including phenoxy) is 1. The fraction of sp³-hybridized carbons (Fsp3) is 0.308. The van der Waals surface area contributed by atoms with Gasteiger partial charge in [0.2, 0.25) is 5.89 Å². The van der Waals surface area contributed by atoms with Crippen LogP contribution in [-0.2, 0) is 22.4 Å². The average molecular weight is 246 g/mol. The molecule has 0 unspecified atom stereocenters. The summed E-state index contributed by atoms with van der Waals surface area (Å²) in [7, 11) is 0. The standard InChI is InChI=1S/C13H14N2O3/c1-2-17-13(16)9-12-14-11(15-18-12)8-10-6-4-3-5-7-10/h3-7H,2,8-9H2,1H3. The van der Waals surface area contributed by atoms with E-state index < -0.39 is 0 Å². The summed E-state index contributed by atoms with van der Waals surface area (Å²) < 4.78 is 9.80. The molecule has 2 aromatic rings. The topological polar surface area (TPSA) is 65.2 Å². The second kappa shape index (κ2) is 5.95. The molecule has 1 heterocycles. The van der Waals surface area contributed by atoms with Gasteiger partial charge in [0, 0.05) is 6.42 Å². The summed E-state index contributed by atoms with van der Waals surface area (Å²) in [5.74, 6) is 0.507. The molecule has 0 aliphatic carbocycles. The minimum Gasteiger partial charge on any atom is -0.466 e. The third-order valence-electron chi connectivity index (χ3n) is 2.32. The molecule has 94 valence electrons. The van der Waals surface area contributed by atoms with Crippen LogP contribution >= 0.6 is 0 Å². The van der Waals surface area contributed by atoms with Crippen molar-refractivity contribution in [3.05, 3.63) is 47.6 Å². The zero-order chi connectivity index (χ0) is 12.8. The quantitative estimate of drug-likeness (QED) is 0.752. The summed E-state index contributed by atoms with van der Waals surface area (Å²) in [6.45, 7) is 2.11. The zero-order valence-electron chi connectivity index (χ0n) is 10.1. The lowest BCUT2D eigenvalue weighted by molar-refractivity contribution is -0.142. The van der Waals surface area contributed by atoms with Crippen LogP contribution in [0.5, 0.6) is 0 Å². The van der Waals surface area contributed by atoms with Crippen LogP contribution in [-0.4, -0.2) is 22.7 Å². The molecule has 0 spiro atoms. The number of carbonyl (C=O) groups is 1. The van der Waals surface area contributed by atoms with Gasteiger partial charge in [-0.1, -0.05) is 35.5 Å². The van der Waals surface area contributed by atoms with E-state index in [2.05, 4.69) is 10.1 Å². The lowest BCUT2D eigenvalue weighted by Gasteiger charge is -1.96. The van der Waals surface area contributed by atoms with E-state index in [1.165, 1.54) is 0 Å². The maximum atomic E-state index is 11.2. The molecular weight excluding hydrogens is 232 g/mol. The highest BCUT2D eigenvalue weighted by Crippen LogP contribution is 2.07. The van der Waals surface area contributed by atoms with Crippen LogP contribution in [0.15, 0.2) is 34.9 Å². The second-order valence-corrected chi connectivity index (χ2v) is 3.75. The number of hydrogen-bond donors (Lipinski definition) is 0. The molecule has 0 saturated carbocycles. The smallest absolute Gasteiger partial charge is 0.315 e. The largest absolute Gasteiger partial charge is 0.466 e. The molecule has 2 rings (SSSR count). The molecule has 0 fully saturated rings. The summed E-state index contributed by atoms with van der Waals surface area (Å²) in [5.41, 5.74) is 1.10. The first-order valence-electron chi connectivity index (χ1n) is 5.79. The van der Waals surface area contributed by atoms with E-state index in [1.807, 2.05) is 30.3 Å². The van der Waals surface area contributed by atoms with Gasteiger partial charge < -0.3 is 9.26 Å². The SMILES string of the molecule is CCOC(=O)Cc1nc(Cc2ccccc2)no1. The maximum absolute atomic E-state index is 11.2. The van der Waals surface area contributed by atoms with Crippen molar-refractivity contribution in [2.75, 3.05) is 6.61 Å². The highest BCUT2D eigenvalue weighted by Gasteiger charge is 2.12. The van der Waals surface area contributed by atoms with Gasteiger partial charge in [0.05, 0.1) is 6.61 Å². The van der Waals surface area contributed by atoms with Crippen molar-refractivity contribution in [2.45, 2.75) is 19.8 Å². The monoisotopic (exact) mass is 246 g/mol. The first kappa shape index (κ1) is 12.3. The molecule has 1 aromatic carbocycles. The van der Waals surface area contributed by atoms with E-state index in [9.17, 15) is 4.79 Å². The first-order valence-corrected chi connectivity index (χ1v) is 5.79. The van der Waals surface area contributed by atoms with Gasteiger partial charge in [-0.05, 0) is 12.5 Å². The Bertz CT molecular complexity index is 508. The van der Waals surface area contributed by atoms with Crippen LogP contribution in [0.3, 0.4) is 0 Å². The van der Waals surface area contributed by atoms with E-state index in [0.717, 1.165) is 5.56 Å². The fourth-order valence-corrected chi connectivity index (χ4v) is 1.55. The molecule has 0 amide bonds. The van der Waals surface area contributed by atoms with Gasteiger partial charge in [-0.25, -0.2) is 0 Å². The number of aromatic nitrogens is 2. The average Bonchev–Trinajstić information content (AvgIpc) is 2.78. The molecule has 0 atom stereocenters. The molecule has 5 nitrogen and oxygen atoms in total. The Morgan fingerprint density at radius 1 is 1.33 bits per heavy atom. The Morgan fingerprint density at radius 3 is 2.83 bits per heavy atom. The first-order chi connectivity index (χ1) is 8.78. The molecule has 0 radical (unpaired) electrons. The molecule has 5 heteroatoms. The van der Waals surface area contributed by atoms with Crippen LogP contribution in [0.1, 0.15) is 24.2 Å². The van der Waals surface area contributed by atoms with Gasteiger partial charge in [-0.15, -0.1) is 0 Å². The summed E-state index contributed by atoms with van der Waals surface area (Å²) >= 11 is 0. The van der Waals surface area contributed by atoms with Crippen molar-refractivity contribution in [3.8, 4) is 0 Å². The van der Waals surface area contributed by atoms with Crippen LogP contribution in [0.25, 0.3) is 0 Å². The van der Waals surface area contributed by atoms with Crippen LogP contribution in [0.4, 0.5) is 0 Å². The number of esters is 1. The minimum atomic E-state index is -0.354. The fourth-order valence-electron chi connectivity index (χ4n) is 1.55. The van der Waals surface area contributed by atoms with Crippen LogP contribution in [0.2, 0.25) is 0 Å². The van der Waals surface area contributed by atoms with Crippen LogP contribution < -0.4 is 0 Å². The predicted molar refractivity (Wildman–Crippen MR) is 63.9 cm³/mol. The number of carbonyl (C=O) groups excluding carboxylic acids is 1. The van der Waals surface area contributed by atoms with Gasteiger partial charge in [0.25, 0.3) is 0 Å². The Hall–Kier alpha value is -2.17. The van der Waals surface area contributed by atoms with Crippen molar-refractivity contribution < 1.29 is 14.1 Å². The normalized spacial score (nSPS) is 10.3. The molecule has 1 aromatic heterocycles. The molecule has 0 bridgehead atoms. The summed E-state index contributed by atoms with van der Waals surface area (Å²) in [5, 5.41) is 3.83. The molecule has 0 saturated heterocycles. The Labute approximate surface area is 105 Å². The van der Waals surface area contributed by atoms with Crippen molar-refractivity contribution in [3.63, 3.8) is 0 Å². The van der Waals surface area contributed by atoms with Gasteiger partial charge in [-0.3, -0.25) is 4.79 Å². The summed E-state index contributed by atoms with van der Waals surface area (Å²) in [6, 6.07) is 9.83. The van der Waals surface area contributed by atoms with Gasteiger partial charge in [-0.2, -0.15) is 4.98 Å². The van der Waals surface area contributed by atoms with E-state index >= 15 is 0 Å². The van der Waals surface area contributed by atoms with E-state index in [1.54, 1.807) is 6.92 Å². The van der Waals surface area contributed by atoms with E-state index in [4.69, 9.17) is 9.26 Å². The lowest BCUT2D eigenvalue weighted by atomic mass is 10.1. The zero-order valence-corrected chi connectivity index (χ0v) is 10.1. The number of rotatable bonds is 5. The summed E-state index contributed by atoms with van der Waals surface area (Å²) in [6.07, 6.45) is 0.614. The number of hydrogen-bond acceptors (Lipinski definition) is 5. The Balaban J connectivity index is 1.96. The molecule has 0 aliphatic rings. The predicted octanol–water partition coefficient (Wildman–Crippen LogP) is 1.77. The van der Waals surface area contributed by atoms with Gasteiger partial charge in [0.15, 0.2) is 5.82 Å². The van der Waals surface area contributed by atoms with Crippen LogP contribution in [0, 0.1) is 0 Å². The molecule has 18 heavy (non-hydrogen) atoms. The van der Waals surface area contributed by atoms with E-state index in [-0.39, 0.29) is 12.4 Å². The van der Waals surface area contributed by atoms with Crippen molar-refractivity contribution in [2.24, 2.45) is 0 Å². The second-order valence-electron chi connectivity index (χ2n) is 3.75. The highest BCUT2D eigenvalue weighted by atomic mass is 16.5. The summed E-state index contributed by atoms with van der Waals surface area (Å²) in [4.78, 5) is 15.4. The van der Waals surface area contributed by atoms with Gasteiger partial charge in [0.1, 0.15) is 6.42 Å². The third kappa shape index (κ3) is 3.41. The number of nitrogens with zero attached hydrogens (tertiary/aromatic N) is 2.